The Labute approximate surface area is 237 Å². The van der Waals surface area contributed by atoms with Crippen LogP contribution in [0.3, 0.4) is 0 Å². The molecule has 0 saturated carbocycles. The summed E-state index contributed by atoms with van der Waals surface area (Å²) in [6.07, 6.45) is 4.87. The molecule has 9 nitrogen and oxygen atoms in total. The summed E-state index contributed by atoms with van der Waals surface area (Å²) < 4.78 is 5.65. The number of nitrogens with one attached hydrogen (secondary N) is 1. The first kappa shape index (κ1) is 31.1. The SMILES string of the molecule is C[NH2+]/C=C(\C(C)=C/N)c1ccc([C@H](CO)NC(=O)[C@@H]2CCCN2C(=O)[C@@H](c2cc(C(C)(C)C)no2)C(C)C)cc1. The second-order valence-electron chi connectivity index (χ2n) is 11.9. The maximum Gasteiger partial charge on any atom is 0.243 e. The van der Waals surface area contributed by atoms with Crippen molar-refractivity contribution in [2.24, 2.45) is 11.7 Å². The number of nitrogens with zero attached hydrogens (tertiary/aromatic N) is 2. The Morgan fingerprint density at radius 3 is 2.48 bits per heavy atom. The van der Waals surface area contributed by atoms with E-state index in [9.17, 15) is 14.7 Å². The third kappa shape index (κ3) is 7.01. The van der Waals surface area contributed by atoms with Crippen molar-refractivity contribution in [2.75, 3.05) is 20.2 Å². The zero-order valence-electron chi connectivity index (χ0n) is 24.9. The number of hydrogen-bond donors (Lipinski definition) is 4. The Balaban J connectivity index is 1.77. The van der Waals surface area contributed by atoms with Crippen molar-refractivity contribution in [3.63, 3.8) is 0 Å². The molecule has 3 rings (SSSR count). The van der Waals surface area contributed by atoms with Crippen LogP contribution in [-0.4, -0.2) is 53.2 Å². The number of rotatable bonds is 10. The van der Waals surface area contributed by atoms with Crippen molar-refractivity contribution in [2.45, 2.75) is 77.8 Å². The van der Waals surface area contributed by atoms with E-state index in [2.05, 4.69) is 10.5 Å². The van der Waals surface area contributed by atoms with Gasteiger partial charge in [-0.2, -0.15) is 0 Å². The van der Waals surface area contributed by atoms with E-state index in [1.807, 2.05) is 90.4 Å². The van der Waals surface area contributed by atoms with Crippen LogP contribution in [0.1, 0.15) is 88.9 Å². The lowest BCUT2D eigenvalue weighted by Crippen LogP contribution is -2.72. The van der Waals surface area contributed by atoms with E-state index < -0.39 is 18.0 Å². The number of quaternary nitrogens is 1. The van der Waals surface area contributed by atoms with E-state index in [1.54, 1.807) is 11.1 Å². The topological polar surface area (TPSA) is 138 Å². The van der Waals surface area contributed by atoms with Crippen molar-refractivity contribution >= 4 is 17.4 Å². The summed E-state index contributed by atoms with van der Waals surface area (Å²) in [6, 6.07) is 8.35. The summed E-state index contributed by atoms with van der Waals surface area (Å²) in [5, 5.41) is 19.3. The van der Waals surface area contributed by atoms with Crippen molar-refractivity contribution in [1.29, 1.82) is 0 Å². The van der Waals surface area contributed by atoms with Gasteiger partial charge in [-0.25, -0.2) is 0 Å². The molecule has 1 saturated heterocycles. The van der Waals surface area contributed by atoms with E-state index >= 15 is 0 Å². The molecule has 40 heavy (non-hydrogen) atoms. The molecule has 6 N–H and O–H groups in total. The molecule has 1 aliphatic rings. The fraction of sp³-hybridized carbons (Fsp3) is 0.516. The van der Waals surface area contributed by atoms with E-state index in [-0.39, 0.29) is 29.8 Å². The van der Waals surface area contributed by atoms with Gasteiger partial charge in [0.25, 0.3) is 0 Å². The lowest BCUT2D eigenvalue weighted by Gasteiger charge is -2.30. The number of likely N-dealkylation sites (tertiary alicyclic amines) is 1. The van der Waals surface area contributed by atoms with Crippen molar-refractivity contribution in [3.05, 3.63) is 70.9 Å². The average Bonchev–Trinajstić information content (AvgIpc) is 3.60. The predicted octanol–water partition coefficient (Wildman–Crippen LogP) is 2.95. The molecule has 218 valence electrons. The minimum absolute atomic E-state index is 0.0386. The summed E-state index contributed by atoms with van der Waals surface area (Å²) in [7, 11) is 1.95. The Kier molecular flexibility index (Phi) is 10.3. The van der Waals surface area contributed by atoms with Crippen molar-refractivity contribution in [3.8, 4) is 0 Å². The summed E-state index contributed by atoms with van der Waals surface area (Å²) in [6.45, 7) is 12.3. The molecular weight excluding hydrogens is 506 g/mol. The number of allylic oxidation sites excluding steroid dienone is 2. The van der Waals surface area contributed by atoms with Gasteiger partial charge in [0.15, 0.2) is 0 Å². The zero-order chi connectivity index (χ0) is 29.6. The number of aromatic nitrogens is 1. The second-order valence-corrected chi connectivity index (χ2v) is 11.9. The monoisotopic (exact) mass is 552 g/mol. The Morgan fingerprint density at radius 2 is 1.95 bits per heavy atom. The highest BCUT2D eigenvalue weighted by atomic mass is 16.5. The average molecular weight is 553 g/mol. The molecule has 2 amide bonds. The highest BCUT2D eigenvalue weighted by Crippen LogP contribution is 2.33. The molecule has 0 bridgehead atoms. The molecule has 1 aromatic carbocycles. The molecule has 2 heterocycles. The number of aliphatic hydroxyl groups excluding tert-OH is 1. The zero-order valence-corrected chi connectivity index (χ0v) is 24.9. The van der Waals surface area contributed by atoms with Crippen LogP contribution in [0.2, 0.25) is 0 Å². The number of carbonyl (C=O) groups is 2. The second kappa shape index (κ2) is 13.3. The van der Waals surface area contributed by atoms with Gasteiger partial charge in [0.05, 0.1) is 25.4 Å². The largest absolute Gasteiger partial charge is 0.404 e. The van der Waals surface area contributed by atoms with Gasteiger partial charge in [0, 0.05) is 23.6 Å². The molecule has 0 spiro atoms. The fourth-order valence-electron chi connectivity index (χ4n) is 5.12. The summed E-state index contributed by atoms with van der Waals surface area (Å²) in [4.78, 5) is 28.9. The molecule has 3 atom stereocenters. The predicted molar refractivity (Wildman–Crippen MR) is 156 cm³/mol. The highest BCUT2D eigenvalue weighted by Gasteiger charge is 2.41. The van der Waals surface area contributed by atoms with Crippen LogP contribution in [0.15, 0.2) is 52.8 Å². The van der Waals surface area contributed by atoms with Crippen LogP contribution >= 0.6 is 0 Å². The van der Waals surface area contributed by atoms with Gasteiger partial charge in [-0.1, -0.05) is 64.0 Å². The number of aliphatic hydroxyl groups is 1. The molecule has 0 radical (unpaired) electrons. The van der Waals surface area contributed by atoms with E-state index in [0.717, 1.165) is 34.4 Å². The normalized spacial score (nSPS) is 18.2. The van der Waals surface area contributed by atoms with E-state index in [0.29, 0.717) is 18.7 Å². The molecule has 0 aliphatic carbocycles. The Bertz CT molecular complexity index is 1220. The number of carbonyl (C=O) groups excluding carboxylic acids is 2. The minimum Gasteiger partial charge on any atom is -0.404 e. The van der Waals surface area contributed by atoms with Gasteiger partial charge < -0.3 is 30.9 Å². The van der Waals surface area contributed by atoms with Crippen LogP contribution < -0.4 is 16.4 Å². The Morgan fingerprint density at radius 1 is 1.27 bits per heavy atom. The van der Waals surface area contributed by atoms with E-state index in [4.69, 9.17) is 10.3 Å². The van der Waals surface area contributed by atoms with Crippen LogP contribution in [0.25, 0.3) is 5.57 Å². The molecule has 1 aliphatic heterocycles. The van der Waals surface area contributed by atoms with E-state index in [1.165, 1.54) is 0 Å². The molecule has 1 fully saturated rings. The maximum absolute atomic E-state index is 13.8. The van der Waals surface area contributed by atoms with Crippen molar-refractivity contribution in [1.82, 2.24) is 15.4 Å². The quantitative estimate of drug-likeness (QED) is 0.334. The first-order chi connectivity index (χ1) is 18.9. The van der Waals surface area contributed by atoms with Gasteiger partial charge in [0.1, 0.15) is 23.9 Å². The number of benzene rings is 1. The van der Waals surface area contributed by atoms with Gasteiger partial charge in [0.2, 0.25) is 11.8 Å². The summed E-state index contributed by atoms with van der Waals surface area (Å²) >= 11 is 0. The van der Waals surface area contributed by atoms with Crippen LogP contribution in [0.4, 0.5) is 0 Å². The first-order valence-electron chi connectivity index (χ1n) is 14.1. The molecule has 0 unspecified atom stereocenters. The summed E-state index contributed by atoms with van der Waals surface area (Å²) in [5.41, 5.74) is 10.0. The lowest BCUT2D eigenvalue weighted by atomic mass is 9.88. The lowest BCUT2D eigenvalue weighted by molar-refractivity contribution is -0.555. The third-order valence-electron chi connectivity index (χ3n) is 7.51. The first-order valence-corrected chi connectivity index (χ1v) is 14.1. The summed E-state index contributed by atoms with van der Waals surface area (Å²) in [5.74, 6) is -0.453. The molecule has 9 heteroatoms. The standard InChI is InChI=1S/C31H45N5O4/c1-19(2)28(26-15-27(35-40-26)31(4,5)6)30(39)36-14-8-9-25(36)29(38)34-24(18-37)22-12-10-21(11-13-22)23(17-33-7)20(3)16-32/h10-13,15-17,19,24-25,28,33,37H,8-9,14,18,32H2,1-7H3,(H,34,38)/p+1/b20-16-,23-17+/t24-,25-,28+/m0/s1. The highest BCUT2D eigenvalue weighted by molar-refractivity contribution is 5.91. The molecule has 1 aromatic heterocycles. The van der Waals surface area contributed by atoms with Gasteiger partial charge in [-0.15, -0.1) is 0 Å². The van der Waals surface area contributed by atoms with Crippen LogP contribution in [0.5, 0.6) is 0 Å². The Hall–Kier alpha value is -3.43. The molecule has 2 aromatic rings. The number of hydrogen-bond acceptors (Lipinski definition) is 6. The number of amides is 2. The van der Waals surface area contributed by atoms with Gasteiger partial charge in [-0.05, 0) is 48.6 Å². The fourth-order valence-corrected chi connectivity index (χ4v) is 5.12. The maximum atomic E-state index is 13.8. The van der Waals surface area contributed by atoms with Crippen LogP contribution in [-0.2, 0) is 15.0 Å². The van der Waals surface area contributed by atoms with Gasteiger partial charge in [-0.3, -0.25) is 9.59 Å². The smallest absolute Gasteiger partial charge is 0.243 e. The number of nitrogens with two attached hydrogens (primary N) is 2. The third-order valence-corrected chi connectivity index (χ3v) is 7.51. The minimum atomic E-state index is -0.612. The van der Waals surface area contributed by atoms with Crippen LogP contribution in [0, 0.1) is 5.92 Å². The molecular formula is C31H46N5O4+. The van der Waals surface area contributed by atoms with Crippen molar-refractivity contribution < 1.29 is 24.5 Å². The van der Waals surface area contributed by atoms with Gasteiger partial charge >= 0.3 is 0 Å².